The van der Waals surface area contributed by atoms with Gasteiger partial charge in [-0.15, -0.1) is 0 Å². The van der Waals surface area contributed by atoms with Gasteiger partial charge in [0.1, 0.15) is 0 Å². The van der Waals surface area contributed by atoms with Crippen molar-refractivity contribution in [2.45, 2.75) is 6.92 Å². The maximum Gasteiger partial charge on any atom is 0.239 e. The number of nitrogens with one attached hydrogen (secondary N) is 3. The number of rotatable bonds is 4. The maximum absolute atomic E-state index is 11.2. The fraction of sp³-hybridized carbons (Fsp3) is 0.750. The molecule has 0 spiro atoms. The van der Waals surface area contributed by atoms with Crippen molar-refractivity contribution < 1.29 is 9.59 Å². The van der Waals surface area contributed by atoms with Crippen molar-refractivity contribution in [1.82, 2.24) is 16.0 Å². The largest absolute Gasteiger partial charge is 0.355 e. The van der Waals surface area contributed by atoms with E-state index in [1.165, 1.54) is 0 Å². The molecule has 74 valence electrons. The summed E-state index contributed by atoms with van der Waals surface area (Å²) in [6.07, 6.45) is 0. The van der Waals surface area contributed by atoms with Crippen LogP contribution in [0.3, 0.4) is 0 Å². The van der Waals surface area contributed by atoms with Crippen LogP contribution in [0, 0.1) is 5.92 Å². The molecule has 5 nitrogen and oxygen atoms in total. The monoisotopic (exact) mass is 185 g/mol. The van der Waals surface area contributed by atoms with Gasteiger partial charge in [0.25, 0.3) is 0 Å². The molecule has 0 saturated carbocycles. The molecule has 1 fully saturated rings. The predicted octanol–water partition coefficient (Wildman–Crippen LogP) is -1.54. The van der Waals surface area contributed by atoms with Crippen LogP contribution in [0.5, 0.6) is 0 Å². The highest BCUT2D eigenvalue weighted by molar-refractivity contribution is 5.86. The zero-order valence-corrected chi connectivity index (χ0v) is 7.72. The Bertz CT molecular complexity index is 202. The van der Waals surface area contributed by atoms with E-state index in [0.717, 1.165) is 13.1 Å². The summed E-state index contributed by atoms with van der Waals surface area (Å²) in [5, 5.41) is 8.18. The minimum absolute atomic E-state index is 0.0370. The lowest BCUT2D eigenvalue weighted by Gasteiger charge is -2.25. The molecule has 1 aliphatic rings. The summed E-state index contributed by atoms with van der Waals surface area (Å²) in [5.74, 6) is -0.123. The Kier molecular flexibility index (Phi) is 3.70. The van der Waals surface area contributed by atoms with Gasteiger partial charge in [0.2, 0.25) is 11.8 Å². The Balaban J connectivity index is 2.10. The Morgan fingerprint density at radius 1 is 1.38 bits per heavy atom. The molecular formula is C8H15N3O2. The summed E-state index contributed by atoms with van der Waals surface area (Å²) < 4.78 is 0. The Morgan fingerprint density at radius 3 is 2.54 bits per heavy atom. The molecule has 1 heterocycles. The first-order chi connectivity index (χ1) is 6.24. The number of carbonyl (C=O) groups excluding carboxylic acids is 2. The second kappa shape index (κ2) is 4.81. The van der Waals surface area contributed by atoms with Crippen LogP contribution in [0.1, 0.15) is 6.92 Å². The van der Waals surface area contributed by atoms with Gasteiger partial charge >= 0.3 is 0 Å². The van der Waals surface area contributed by atoms with Crippen molar-refractivity contribution in [3.05, 3.63) is 0 Å². The molecule has 1 aliphatic heterocycles. The summed E-state index contributed by atoms with van der Waals surface area (Å²) in [6.45, 7) is 3.97. The number of hydrogen-bond donors (Lipinski definition) is 3. The third kappa shape index (κ3) is 3.02. The third-order valence-electron chi connectivity index (χ3n) is 1.95. The molecule has 0 aliphatic carbocycles. The van der Waals surface area contributed by atoms with Crippen molar-refractivity contribution in [3.8, 4) is 0 Å². The molecular weight excluding hydrogens is 170 g/mol. The van der Waals surface area contributed by atoms with Gasteiger partial charge in [-0.05, 0) is 6.92 Å². The van der Waals surface area contributed by atoms with Crippen molar-refractivity contribution in [3.63, 3.8) is 0 Å². The van der Waals surface area contributed by atoms with Gasteiger partial charge in [-0.3, -0.25) is 9.59 Å². The van der Waals surface area contributed by atoms with Crippen molar-refractivity contribution in [1.29, 1.82) is 0 Å². The van der Waals surface area contributed by atoms with Gasteiger partial charge in [0.05, 0.1) is 12.5 Å². The van der Waals surface area contributed by atoms with Crippen molar-refractivity contribution >= 4 is 11.8 Å². The van der Waals surface area contributed by atoms with Crippen molar-refractivity contribution in [2.24, 2.45) is 5.92 Å². The van der Waals surface area contributed by atoms with E-state index in [4.69, 9.17) is 0 Å². The van der Waals surface area contributed by atoms with E-state index in [1.54, 1.807) is 0 Å². The summed E-state index contributed by atoms with van der Waals surface area (Å²) in [4.78, 5) is 22.1. The van der Waals surface area contributed by atoms with Crippen LogP contribution in [0.15, 0.2) is 0 Å². The van der Waals surface area contributed by atoms with Gasteiger partial charge in [0, 0.05) is 19.6 Å². The van der Waals surface area contributed by atoms with Crippen LogP contribution in [0.4, 0.5) is 0 Å². The summed E-state index contributed by atoms with van der Waals surface area (Å²) in [5.41, 5.74) is 0. The van der Waals surface area contributed by atoms with E-state index in [-0.39, 0.29) is 24.3 Å². The van der Waals surface area contributed by atoms with E-state index < -0.39 is 0 Å². The molecule has 13 heavy (non-hydrogen) atoms. The average Bonchev–Trinajstić information content (AvgIpc) is 1.98. The number of amides is 2. The molecule has 2 amide bonds. The predicted molar refractivity (Wildman–Crippen MR) is 48.1 cm³/mol. The van der Waals surface area contributed by atoms with E-state index in [2.05, 4.69) is 16.0 Å². The average molecular weight is 185 g/mol. The highest BCUT2D eigenvalue weighted by atomic mass is 16.2. The van der Waals surface area contributed by atoms with Gasteiger partial charge < -0.3 is 16.0 Å². The molecule has 5 heteroatoms. The Hall–Kier alpha value is -1.10. The van der Waals surface area contributed by atoms with Crippen LogP contribution >= 0.6 is 0 Å². The van der Waals surface area contributed by atoms with Gasteiger partial charge in [-0.2, -0.15) is 0 Å². The fourth-order valence-electron chi connectivity index (χ4n) is 1.05. The normalized spacial score (nSPS) is 16.1. The number of carbonyl (C=O) groups is 2. The molecule has 1 rings (SSSR count). The second-order valence-corrected chi connectivity index (χ2v) is 3.03. The molecule has 0 bridgehead atoms. The molecule has 1 saturated heterocycles. The minimum atomic E-state index is -0.136. The molecule has 0 atom stereocenters. The summed E-state index contributed by atoms with van der Waals surface area (Å²) >= 11 is 0. The fourth-order valence-corrected chi connectivity index (χ4v) is 1.05. The summed E-state index contributed by atoms with van der Waals surface area (Å²) in [6, 6.07) is 0. The van der Waals surface area contributed by atoms with Gasteiger partial charge in [-0.1, -0.05) is 0 Å². The van der Waals surface area contributed by atoms with E-state index in [9.17, 15) is 9.59 Å². The molecule has 3 N–H and O–H groups in total. The van der Waals surface area contributed by atoms with Gasteiger partial charge in [0.15, 0.2) is 0 Å². The van der Waals surface area contributed by atoms with E-state index >= 15 is 0 Å². The molecule has 0 aromatic rings. The maximum atomic E-state index is 11.2. The smallest absolute Gasteiger partial charge is 0.239 e. The zero-order chi connectivity index (χ0) is 9.68. The van der Waals surface area contributed by atoms with Crippen LogP contribution in [0.25, 0.3) is 0 Å². The van der Waals surface area contributed by atoms with E-state index in [0.29, 0.717) is 6.54 Å². The lowest BCUT2D eigenvalue weighted by atomic mass is 10.0. The number of likely N-dealkylation sites (N-methyl/N-ethyl adjacent to an activating group) is 1. The van der Waals surface area contributed by atoms with Crippen molar-refractivity contribution in [2.75, 3.05) is 26.2 Å². The van der Waals surface area contributed by atoms with Crippen LogP contribution in [-0.2, 0) is 9.59 Å². The minimum Gasteiger partial charge on any atom is -0.355 e. The lowest BCUT2D eigenvalue weighted by molar-refractivity contribution is -0.129. The topological polar surface area (TPSA) is 70.2 Å². The quantitative estimate of drug-likeness (QED) is 0.497. The standard InChI is InChI=1S/C8H15N3O2/c1-2-10-7(12)5-11-8(13)6-3-9-4-6/h6,9H,2-5H2,1H3,(H,10,12)(H,11,13). The molecule has 0 aromatic carbocycles. The highest BCUT2D eigenvalue weighted by Gasteiger charge is 2.24. The van der Waals surface area contributed by atoms with Gasteiger partial charge in [-0.25, -0.2) is 0 Å². The Labute approximate surface area is 77.3 Å². The molecule has 0 unspecified atom stereocenters. The highest BCUT2D eigenvalue weighted by Crippen LogP contribution is 2.01. The SMILES string of the molecule is CCNC(=O)CNC(=O)C1CNC1. The second-order valence-electron chi connectivity index (χ2n) is 3.03. The van der Waals surface area contributed by atoms with Crippen LogP contribution < -0.4 is 16.0 Å². The first kappa shape index (κ1) is 9.98. The molecule has 0 radical (unpaired) electrons. The number of hydrogen-bond acceptors (Lipinski definition) is 3. The lowest BCUT2D eigenvalue weighted by Crippen LogP contribution is -2.52. The first-order valence-corrected chi connectivity index (χ1v) is 4.49. The summed E-state index contributed by atoms with van der Waals surface area (Å²) in [7, 11) is 0. The van der Waals surface area contributed by atoms with Crippen LogP contribution in [-0.4, -0.2) is 38.0 Å². The molecule has 0 aromatic heterocycles. The van der Waals surface area contributed by atoms with E-state index in [1.807, 2.05) is 6.92 Å². The zero-order valence-electron chi connectivity index (χ0n) is 7.72. The van der Waals surface area contributed by atoms with Crippen LogP contribution in [0.2, 0.25) is 0 Å². The first-order valence-electron chi connectivity index (χ1n) is 4.49. The third-order valence-corrected chi connectivity index (χ3v) is 1.95. The Morgan fingerprint density at radius 2 is 2.08 bits per heavy atom.